The summed E-state index contributed by atoms with van der Waals surface area (Å²) >= 11 is 0. The highest BCUT2D eigenvalue weighted by atomic mass is 16.5. The van der Waals surface area contributed by atoms with E-state index < -0.39 is 0 Å². The van der Waals surface area contributed by atoms with Gasteiger partial charge in [0.05, 0.1) is 0 Å². The summed E-state index contributed by atoms with van der Waals surface area (Å²) in [5, 5.41) is 0. The van der Waals surface area contributed by atoms with Gasteiger partial charge in [0.1, 0.15) is 6.10 Å². The van der Waals surface area contributed by atoms with Crippen LogP contribution in [0.15, 0.2) is 12.2 Å². The molecule has 0 bridgehead atoms. The highest BCUT2D eigenvalue weighted by Crippen LogP contribution is 2.18. The van der Waals surface area contributed by atoms with Crippen molar-refractivity contribution in [3.63, 3.8) is 0 Å². The molecule has 0 spiro atoms. The molecule has 0 unspecified atom stereocenters. The first-order valence-corrected chi connectivity index (χ1v) is 13.8. The predicted octanol–water partition coefficient (Wildman–Crippen LogP) is 9.81. The second kappa shape index (κ2) is 22.4. The lowest BCUT2D eigenvalue weighted by molar-refractivity contribution is -0.154. The van der Waals surface area contributed by atoms with E-state index in [-0.39, 0.29) is 12.1 Å². The summed E-state index contributed by atoms with van der Waals surface area (Å²) < 4.78 is 5.67. The minimum atomic E-state index is -0.00609. The summed E-state index contributed by atoms with van der Waals surface area (Å²) in [7, 11) is 0. The number of hydrogen-bond acceptors (Lipinski definition) is 2. The summed E-state index contributed by atoms with van der Waals surface area (Å²) in [5.74, 6) is 0.781. The van der Waals surface area contributed by atoms with Crippen molar-refractivity contribution in [1.29, 1.82) is 0 Å². The Morgan fingerprint density at radius 3 is 1.42 bits per heavy atom. The third-order valence-corrected chi connectivity index (χ3v) is 6.22. The van der Waals surface area contributed by atoms with E-state index in [0.29, 0.717) is 18.3 Å². The standard InChI is InChI=1S/C29H56O2/c1-6-7-8-9-10-11-12-13-14-15-16-17-18-19-20-21-22-23-24-25-28(30)31-29(26(2)3)27(4)5/h13-14,26-27,29H,6-12,15-25H2,1-5H3/b14-13-. The maximum absolute atomic E-state index is 12.0. The van der Waals surface area contributed by atoms with Gasteiger partial charge in [-0.3, -0.25) is 4.79 Å². The van der Waals surface area contributed by atoms with E-state index in [0.717, 1.165) is 12.8 Å². The molecule has 0 amide bonds. The van der Waals surface area contributed by atoms with Crippen molar-refractivity contribution < 1.29 is 9.53 Å². The summed E-state index contributed by atoms with van der Waals surface area (Å²) in [6.07, 6.45) is 27.9. The Morgan fingerprint density at radius 2 is 1.00 bits per heavy atom. The highest BCUT2D eigenvalue weighted by molar-refractivity contribution is 5.69. The number of rotatable bonds is 22. The van der Waals surface area contributed by atoms with Gasteiger partial charge in [-0.05, 0) is 43.9 Å². The van der Waals surface area contributed by atoms with Crippen LogP contribution in [-0.4, -0.2) is 12.1 Å². The first-order chi connectivity index (χ1) is 15.0. The monoisotopic (exact) mass is 436 g/mol. The van der Waals surface area contributed by atoms with Crippen LogP contribution in [-0.2, 0) is 9.53 Å². The molecule has 0 aliphatic rings. The maximum Gasteiger partial charge on any atom is 0.306 e. The molecule has 2 nitrogen and oxygen atoms in total. The smallest absolute Gasteiger partial charge is 0.306 e. The zero-order chi connectivity index (χ0) is 23.2. The molecule has 0 saturated carbocycles. The molecular weight excluding hydrogens is 380 g/mol. The van der Waals surface area contributed by atoms with Crippen LogP contribution in [0.2, 0.25) is 0 Å². The fourth-order valence-electron chi connectivity index (χ4n) is 4.30. The Labute approximate surface area is 196 Å². The molecule has 0 rings (SSSR count). The second-order valence-electron chi connectivity index (χ2n) is 10.2. The highest BCUT2D eigenvalue weighted by Gasteiger charge is 2.21. The third-order valence-electron chi connectivity index (χ3n) is 6.22. The van der Waals surface area contributed by atoms with Gasteiger partial charge in [0.2, 0.25) is 0 Å². The van der Waals surface area contributed by atoms with Crippen molar-refractivity contribution in [3.05, 3.63) is 12.2 Å². The van der Waals surface area contributed by atoms with E-state index in [1.807, 2.05) is 0 Å². The Bertz CT molecular complexity index is 403. The molecule has 0 saturated heterocycles. The summed E-state index contributed by atoms with van der Waals surface area (Å²) in [5.41, 5.74) is 0. The van der Waals surface area contributed by atoms with Crippen molar-refractivity contribution in [2.24, 2.45) is 11.8 Å². The average Bonchev–Trinajstić information content (AvgIpc) is 2.73. The fraction of sp³-hybridized carbons (Fsp3) is 0.897. The van der Waals surface area contributed by atoms with Gasteiger partial charge in [-0.25, -0.2) is 0 Å². The first-order valence-electron chi connectivity index (χ1n) is 13.8. The molecule has 0 N–H and O–H groups in total. The van der Waals surface area contributed by atoms with Gasteiger partial charge in [0.15, 0.2) is 0 Å². The number of carbonyl (C=O) groups is 1. The fourth-order valence-corrected chi connectivity index (χ4v) is 4.30. The minimum absolute atomic E-state index is 0.00609. The molecule has 2 heteroatoms. The van der Waals surface area contributed by atoms with Crippen LogP contribution < -0.4 is 0 Å². The lowest BCUT2D eigenvalue weighted by atomic mass is 9.96. The lowest BCUT2D eigenvalue weighted by Crippen LogP contribution is -2.28. The van der Waals surface area contributed by atoms with Gasteiger partial charge in [0, 0.05) is 6.42 Å². The van der Waals surface area contributed by atoms with Gasteiger partial charge < -0.3 is 4.74 Å². The van der Waals surface area contributed by atoms with Gasteiger partial charge >= 0.3 is 5.97 Å². The van der Waals surface area contributed by atoms with Crippen LogP contribution in [0.1, 0.15) is 150 Å². The lowest BCUT2D eigenvalue weighted by Gasteiger charge is -2.24. The zero-order valence-corrected chi connectivity index (χ0v) is 21.9. The maximum atomic E-state index is 12.0. The number of ether oxygens (including phenoxy) is 1. The molecule has 0 fully saturated rings. The molecule has 0 aliphatic heterocycles. The zero-order valence-electron chi connectivity index (χ0n) is 21.9. The summed E-state index contributed by atoms with van der Waals surface area (Å²) in [6.45, 7) is 10.8. The molecule has 0 heterocycles. The van der Waals surface area contributed by atoms with Crippen LogP contribution >= 0.6 is 0 Å². The summed E-state index contributed by atoms with van der Waals surface area (Å²) in [6, 6.07) is 0. The van der Waals surface area contributed by atoms with Gasteiger partial charge in [-0.1, -0.05) is 124 Å². The molecule has 0 aromatic carbocycles. The van der Waals surface area contributed by atoms with E-state index in [2.05, 4.69) is 46.8 Å². The van der Waals surface area contributed by atoms with Crippen molar-refractivity contribution in [1.82, 2.24) is 0 Å². The molecule has 0 aliphatic carbocycles. The second-order valence-corrected chi connectivity index (χ2v) is 10.2. The third kappa shape index (κ3) is 20.8. The molecule has 0 aromatic rings. The number of hydrogen-bond donors (Lipinski definition) is 0. The molecule has 0 atom stereocenters. The number of allylic oxidation sites excluding steroid dienone is 2. The number of esters is 1. The predicted molar refractivity (Wildman–Crippen MR) is 137 cm³/mol. The Hall–Kier alpha value is -0.790. The minimum Gasteiger partial charge on any atom is -0.462 e. The largest absolute Gasteiger partial charge is 0.462 e. The quantitative estimate of drug-likeness (QED) is 0.0958. The Balaban J connectivity index is 3.34. The van der Waals surface area contributed by atoms with E-state index in [1.165, 1.54) is 96.3 Å². The molecule has 0 aromatic heterocycles. The molecular formula is C29H56O2. The van der Waals surface area contributed by atoms with Crippen molar-refractivity contribution in [2.75, 3.05) is 0 Å². The van der Waals surface area contributed by atoms with Crippen LogP contribution in [0.3, 0.4) is 0 Å². The van der Waals surface area contributed by atoms with Gasteiger partial charge in [0.25, 0.3) is 0 Å². The van der Waals surface area contributed by atoms with Crippen molar-refractivity contribution >= 4 is 5.97 Å². The summed E-state index contributed by atoms with van der Waals surface area (Å²) in [4.78, 5) is 12.0. The average molecular weight is 437 g/mol. The molecule has 0 radical (unpaired) electrons. The first kappa shape index (κ1) is 30.2. The number of unbranched alkanes of at least 4 members (excludes halogenated alkanes) is 15. The van der Waals surface area contributed by atoms with Crippen LogP contribution in [0.5, 0.6) is 0 Å². The van der Waals surface area contributed by atoms with E-state index in [1.54, 1.807) is 0 Å². The van der Waals surface area contributed by atoms with Gasteiger partial charge in [-0.2, -0.15) is 0 Å². The van der Waals surface area contributed by atoms with Crippen molar-refractivity contribution in [2.45, 2.75) is 156 Å². The van der Waals surface area contributed by atoms with Crippen LogP contribution in [0.25, 0.3) is 0 Å². The topological polar surface area (TPSA) is 26.3 Å². The number of carbonyl (C=O) groups excluding carboxylic acids is 1. The SMILES string of the molecule is CCCCCCCC/C=C\CCCCCCCCCCCC(=O)OC(C(C)C)C(C)C. The molecule has 31 heavy (non-hydrogen) atoms. The van der Waals surface area contributed by atoms with E-state index in [9.17, 15) is 4.79 Å². The molecule has 184 valence electrons. The van der Waals surface area contributed by atoms with Crippen LogP contribution in [0.4, 0.5) is 0 Å². The van der Waals surface area contributed by atoms with E-state index in [4.69, 9.17) is 4.74 Å². The normalized spacial score (nSPS) is 12.0. The van der Waals surface area contributed by atoms with Crippen LogP contribution in [0, 0.1) is 11.8 Å². The Morgan fingerprint density at radius 1 is 0.613 bits per heavy atom. The van der Waals surface area contributed by atoms with Crippen molar-refractivity contribution in [3.8, 4) is 0 Å². The van der Waals surface area contributed by atoms with E-state index >= 15 is 0 Å². The van der Waals surface area contributed by atoms with Gasteiger partial charge in [-0.15, -0.1) is 0 Å². The Kier molecular flexibility index (Phi) is 21.8.